The van der Waals surface area contributed by atoms with Crippen LogP contribution < -0.4 is 16.0 Å². The molecule has 0 aromatic heterocycles. The number of rotatable bonds is 5. The first-order chi connectivity index (χ1) is 11.9. The molecule has 0 heterocycles. The molecule has 0 fully saturated rings. The van der Waals surface area contributed by atoms with E-state index < -0.39 is 17.8 Å². The highest BCUT2D eigenvalue weighted by Crippen LogP contribution is 2.25. The van der Waals surface area contributed by atoms with Gasteiger partial charge in [-0.15, -0.1) is 0 Å². The fraction of sp³-hybridized carbons (Fsp3) is 0.176. The fourth-order valence-electron chi connectivity index (χ4n) is 2.10. The van der Waals surface area contributed by atoms with E-state index in [-0.39, 0.29) is 18.3 Å². The third-order valence-electron chi connectivity index (χ3n) is 3.37. The van der Waals surface area contributed by atoms with Gasteiger partial charge >= 0.3 is 6.03 Å². The Balaban J connectivity index is 1.83. The van der Waals surface area contributed by atoms with Gasteiger partial charge in [-0.1, -0.05) is 41.4 Å². The van der Waals surface area contributed by atoms with Crippen LogP contribution in [0.4, 0.5) is 14.9 Å². The highest BCUT2D eigenvalue weighted by molar-refractivity contribution is 6.35. The number of para-hydroxylation sites is 1. The Morgan fingerprint density at radius 3 is 2.56 bits per heavy atom. The predicted octanol–water partition coefficient (Wildman–Crippen LogP) is 4.13. The number of nitrogens with one attached hydrogen (secondary N) is 3. The maximum absolute atomic E-state index is 13.4. The molecule has 25 heavy (non-hydrogen) atoms. The summed E-state index contributed by atoms with van der Waals surface area (Å²) in [6.45, 7) is 1.70. The minimum Gasteiger partial charge on any atom is -0.305 e. The number of carbonyl (C=O) groups is 2. The van der Waals surface area contributed by atoms with Gasteiger partial charge in [-0.05, 0) is 36.8 Å². The Kier molecular flexibility index (Phi) is 6.75. The number of carbonyl (C=O) groups excluding carboxylic acids is 2. The number of hydrogen-bond acceptors (Lipinski definition) is 3. The molecule has 0 saturated carbocycles. The van der Waals surface area contributed by atoms with E-state index in [0.717, 1.165) is 5.56 Å². The summed E-state index contributed by atoms with van der Waals surface area (Å²) in [6, 6.07) is 9.68. The van der Waals surface area contributed by atoms with Crippen LogP contribution >= 0.6 is 23.2 Å². The lowest BCUT2D eigenvalue weighted by atomic mass is 10.1. The summed E-state index contributed by atoms with van der Waals surface area (Å²) in [5.74, 6) is -1.15. The van der Waals surface area contributed by atoms with E-state index in [2.05, 4.69) is 16.0 Å². The molecule has 0 aliphatic carbocycles. The Labute approximate surface area is 154 Å². The first-order valence-electron chi connectivity index (χ1n) is 7.40. The number of amides is 3. The zero-order valence-corrected chi connectivity index (χ0v) is 14.8. The molecule has 132 valence electrons. The van der Waals surface area contributed by atoms with Crippen LogP contribution in [0.3, 0.4) is 0 Å². The molecule has 0 bridgehead atoms. The van der Waals surface area contributed by atoms with Crippen LogP contribution in [-0.2, 0) is 4.79 Å². The number of anilines is 1. The Morgan fingerprint density at radius 2 is 1.88 bits per heavy atom. The van der Waals surface area contributed by atoms with Crippen molar-refractivity contribution in [1.82, 2.24) is 10.6 Å². The van der Waals surface area contributed by atoms with Crippen LogP contribution in [0, 0.1) is 5.82 Å². The van der Waals surface area contributed by atoms with Gasteiger partial charge in [-0.2, -0.15) is 0 Å². The number of urea groups is 1. The van der Waals surface area contributed by atoms with Crippen LogP contribution in [-0.4, -0.2) is 18.5 Å². The van der Waals surface area contributed by atoms with Gasteiger partial charge in [0.15, 0.2) is 0 Å². The first kappa shape index (κ1) is 19.2. The summed E-state index contributed by atoms with van der Waals surface area (Å²) in [4.78, 5) is 23.5. The molecule has 1 atom stereocenters. The van der Waals surface area contributed by atoms with Crippen LogP contribution in [0.2, 0.25) is 10.0 Å². The third-order valence-corrected chi connectivity index (χ3v) is 3.94. The minimum atomic E-state index is -0.811. The summed E-state index contributed by atoms with van der Waals surface area (Å²) in [6.07, 6.45) is 0. The molecule has 0 saturated heterocycles. The average Bonchev–Trinajstić information content (AvgIpc) is 2.54. The number of hydrogen-bond donors (Lipinski definition) is 3. The molecule has 3 N–H and O–H groups in total. The van der Waals surface area contributed by atoms with Crippen LogP contribution in [0.1, 0.15) is 18.5 Å². The molecule has 0 radical (unpaired) electrons. The average molecular weight is 384 g/mol. The van der Waals surface area contributed by atoms with Crippen molar-refractivity contribution in [3.8, 4) is 0 Å². The first-order valence-corrected chi connectivity index (χ1v) is 8.16. The Morgan fingerprint density at radius 1 is 1.16 bits per heavy atom. The van der Waals surface area contributed by atoms with E-state index in [9.17, 15) is 14.0 Å². The van der Waals surface area contributed by atoms with E-state index in [1.54, 1.807) is 24.3 Å². The lowest BCUT2D eigenvalue weighted by molar-refractivity contribution is -0.119. The third kappa shape index (κ3) is 5.70. The molecule has 0 spiro atoms. The highest BCUT2D eigenvalue weighted by Gasteiger charge is 2.13. The molecular formula is C17H16Cl2FN3O2. The monoisotopic (exact) mass is 383 g/mol. The highest BCUT2D eigenvalue weighted by atomic mass is 35.5. The number of halogens is 3. The van der Waals surface area contributed by atoms with Crippen molar-refractivity contribution in [2.45, 2.75) is 13.0 Å². The van der Waals surface area contributed by atoms with Gasteiger partial charge in [-0.25, -0.2) is 9.18 Å². The molecule has 0 aliphatic rings. The largest absolute Gasteiger partial charge is 0.326 e. The fourth-order valence-corrected chi connectivity index (χ4v) is 2.67. The molecular weight excluding hydrogens is 368 g/mol. The van der Waals surface area contributed by atoms with Crippen molar-refractivity contribution in [2.24, 2.45) is 0 Å². The lowest BCUT2D eigenvalue weighted by Gasteiger charge is -2.15. The SMILES string of the molecule is C[C@H](NCC(=O)NC(=O)Nc1ccccc1F)c1ccc(Cl)cc1Cl. The van der Waals surface area contributed by atoms with Gasteiger partial charge in [-0.3, -0.25) is 10.1 Å². The molecule has 2 rings (SSSR count). The molecule has 3 amide bonds. The summed E-state index contributed by atoms with van der Waals surface area (Å²) in [5.41, 5.74) is 0.761. The lowest BCUT2D eigenvalue weighted by Crippen LogP contribution is -2.40. The van der Waals surface area contributed by atoms with E-state index in [1.165, 1.54) is 18.2 Å². The van der Waals surface area contributed by atoms with Gasteiger partial charge in [0.1, 0.15) is 5.82 Å². The van der Waals surface area contributed by atoms with Crippen LogP contribution in [0.5, 0.6) is 0 Å². The quantitative estimate of drug-likeness (QED) is 0.726. The van der Waals surface area contributed by atoms with Gasteiger partial charge < -0.3 is 10.6 Å². The minimum absolute atomic E-state index is 0.0120. The van der Waals surface area contributed by atoms with Crippen LogP contribution in [0.25, 0.3) is 0 Å². The predicted molar refractivity (Wildman–Crippen MR) is 96.4 cm³/mol. The topological polar surface area (TPSA) is 70.2 Å². The van der Waals surface area contributed by atoms with Crippen molar-refractivity contribution in [2.75, 3.05) is 11.9 Å². The summed E-state index contributed by atoms with van der Waals surface area (Å²) < 4.78 is 13.4. The van der Waals surface area contributed by atoms with E-state index >= 15 is 0 Å². The molecule has 2 aromatic rings. The van der Waals surface area contributed by atoms with Crippen molar-refractivity contribution < 1.29 is 14.0 Å². The second-order valence-electron chi connectivity index (χ2n) is 5.25. The summed E-state index contributed by atoms with van der Waals surface area (Å²) in [5, 5.41) is 8.32. The zero-order valence-electron chi connectivity index (χ0n) is 13.3. The van der Waals surface area contributed by atoms with Gasteiger partial charge in [0.25, 0.3) is 0 Å². The van der Waals surface area contributed by atoms with Gasteiger partial charge in [0.2, 0.25) is 5.91 Å². The van der Waals surface area contributed by atoms with Gasteiger partial charge in [0.05, 0.1) is 12.2 Å². The second-order valence-corrected chi connectivity index (χ2v) is 6.09. The van der Waals surface area contributed by atoms with E-state index in [0.29, 0.717) is 10.0 Å². The van der Waals surface area contributed by atoms with Crippen molar-refractivity contribution in [3.63, 3.8) is 0 Å². The smallest absolute Gasteiger partial charge is 0.305 e. The van der Waals surface area contributed by atoms with E-state index in [1.807, 2.05) is 6.92 Å². The summed E-state index contributed by atoms with van der Waals surface area (Å²) >= 11 is 11.9. The van der Waals surface area contributed by atoms with Crippen LogP contribution in [0.15, 0.2) is 42.5 Å². The molecule has 0 aliphatic heterocycles. The Hall–Kier alpha value is -2.15. The number of benzene rings is 2. The van der Waals surface area contributed by atoms with Gasteiger partial charge in [0, 0.05) is 16.1 Å². The normalized spacial score (nSPS) is 11.7. The number of imide groups is 1. The molecule has 8 heteroatoms. The maximum Gasteiger partial charge on any atom is 0.326 e. The van der Waals surface area contributed by atoms with E-state index in [4.69, 9.17) is 23.2 Å². The standard InChI is InChI=1S/C17H16Cl2FN3O2/c1-10(12-7-6-11(18)8-13(12)19)21-9-16(24)23-17(25)22-15-5-3-2-4-14(15)20/h2-8,10,21H,9H2,1H3,(H2,22,23,24,25)/t10-/m0/s1. The molecule has 5 nitrogen and oxygen atoms in total. The zero-order chi connectivity index (χ0) is 18.4. The Bertz CT molecular complexity index is 786. The molecule has 2 aromatic carbocycles. The molecule has 0 unspecified atom stereocenters. The van der Waals surface area contributed by atoms with Crippen molar-refractivity contribution in [3.05, 3.63) is 63.9 Å². The van der Waals surface area contributed by atoms with Crippen molar-refractivity contribution in [1.29, 1.82) is 0 Å². The maximum atomic E-state index is 13.4. The second kappa shape index (κ2) is 8.80. The summed E-state index contributed by atoms with van der Waals surface area (Å²) in [7, 11) is 0. The van der Waals surface area contributed by atoms with Crippen molar-refractivity contribution >= 4 is 40.8 Å².